The Morgan fingerprint density at radius 3 is 2.52 bits per heavy atom. The number of ether oxygens (including phenoxy) is 1. The lowest BCUT2D eigenvalue weighted by Crippen LogP contribution is -2.36. The van der Waals surface area contributed by atoms with Gasteiger partial charge in [0.1, 0.15) is 5.82 Å². The van der Waals surface area contributed by atoms with Crippen molar-refractivity contribution in [3.8, 4) is 5.88 Å². The summed E-state index contributed by atoms with van der Waals surface area (Å²) < 4.78 is 44.2. The van der Waals surface area contributed by atoms with Crippen molar-refractivity contribution < 1.29 is 17.9 Å². The molecule has 0 aromatic carbocycles. The summed E-state index contributed by atoms with van der Waals surface area (Å²) in [5.74, 6) is 1.24. The van der Waals surface area contributed by atoms with E-state index in [2.05, 4.69) is 15.0 Å². The highest BCUT2D eigenvalue weighted by Gasteiger charge is 2.31. The number of rotatable bonds is 4. The summed E-state index contributed by atoms with van der Waals surface area (Å²) >= 11 is 0. The van der Waals surface area contributed by atoms with Gasteiger partial charge >= 0.3 is 6.18 Å². The fourth-order valence-electron chi connectivity index (χ4n) is 2.83. The molecule has 0 N–H and O–H groups in total. The van der Waals surface area contributed by atoms with Crippen molar-refractivity contribution in [3.63, 3.8) is 0 Å². The summed E-state index contributed by atoms with van der Waals surface area (Å²) in [5, 5.41) is 0. The van der Waals surface area contributed by atoms with Gasteiger partial charge in [0.15, 0.2) is 0 Å². The Balaban J connectivity index is 1.55. The molecule has 1 aliphatic rings. The Kier molecular flexibility index (Phi) is 5.06. The molecule has 5 nitrogen and oxygen atoms in total. The van der Waals surface area contributed by atoms with Crippen LogP contribution in [-0.4, -0.2) is 34.6 Å². The van der Waals surface area contributed by atoms with Gasteiger partial charge in [-0.25, -0.2) is 9.97 Å². The van der Waals surface area contributed by atoms with E-state index in [1.54, 1.807) is 12.4 Å². The molecule has 0 bridgehead atoms. The van der Waals surface area contributed by atoms with E-state index in [0.29, 0.717) is 37.3 Å². The van der Waals surface area contributed by atoms with Crippen molar-refractivity contribution >= 4 is 5.82 Å². The summed E-state index contributed by atoms with van der Waals surface area (Å²) in [7, 11) is 0. The number of piperidine rings is 1. The quantitative estimate of drug-likeness (QED) is 0.843. The molecule has 0 radical (unpaired) electrons. The van der Waals surface area contributed by atoms with E-state index in [1.807, 2.05) is 11.8 Å². The van der Waals surface area contributed by atoms with Crippen molar-refractivity contribution in [3.05, 3.63) is 42.0 Å². The number of hydrogen-bond acceptors (Lipinski definition) is 5. The number of hydrogen-bond donors (Lipinski definition) is 0. The number of aromatic nitrogens is 3. The lowest BCUT2D eigenvalue weighted by molar-refractivity contribution is -0.137. The molecule has 0 saturated carbocycles. The zero-order chi connectivity index (χ0) is 17.9. The maximum Gasteiger partial charge on any atom is 0.416 e. The molecular formula is C17H19F3N4O. The van der Waals surface area contributed by atoms with Gasteiger partial charge in [0.05, 0.1) is 17.9 Å². The molecular weight excluding hydrogens is 333 g/mol. The molecule has 0 spiro atoms. The van der Waals surface area contributed by atoms with Gasteiger partial charge in [0.2, 0.25) is 5.88 Å². The first-order valence-electron chi connectivity index (χ1n) is 8.12. The zero-order valence-electron chi connectivity index (χ0n) is 13.8. The van der Waals surface area contributed by atoms with Crippen LogP contribution in [0.15, 0.2) is 30.7 Å². The summed E-state index contributed by atoms with van der Waals surface area (Å²) in [6, 6.07) is 2.10. The molecule has 2 aromatic rings. The van der Waals surface area contributed by atoms with Crippen molar-refractivity contribution in [2.45, 2.75) is 25.9 Å². The second-order valence-electron chi connectivity index (χ2n) is 6.09. The van der Waals surface area contributed by atoms with Crippen LogP contribution in [0.3, 0.4) is 0 Å². The van der Waals surface area contributed by atoms with Crippen molar-refractivity contribution in [1.82, 2.24) is 15.0 Å². The third kappa shape index (κ3) is 4.37. The van der Waals surface area contributed by atoms with Crippen molar-refractivity contribution in [1.29, 1.82) is 0 Å². The van der Waals surface area contributed by atoms with Gasteiger partial charge in [-0.1, -0.05) is 0 Å². The predicted molar refractivity (Wildman–Crippen MR) is 86.4 cm³/mol. The van der Waals surface area contributed by atoms with Gasteiger partial charge in [-0.15, -0.1) is 0 Å². The van der Waals surface area contributed by atoms with E-state index in [9.17, 15) is 13.2 Å². The highest BCUT2D eigenvalue weighted by Crippen LogP contribution is 2.31. The van der Waals surface area contributed by atoms with Crippen LogP contribution in [0.5, 0.6) is 5.88 Å². The Morgan fingerprint density at radius 1 is 1.12 bits per heavy atom. The number of anilines is 1. The minimum atomic E-state index is -4.35. The topological polar surface area (TPSA) is 51.1 Å². The van der Waals surface area contributed by atoms with E-state index < -0.39 is 11.7 Å². The first-order valence-corrected chi connectivity index (χ1v) is 8.12. The second kappa shape index (κ2) is 7.25. The van der Waals surface area contributed by atoms with E-state index >= 15 is 0 Å². The molecule has 0 atom stereocenters. The molecule has 8 heteroatoms. The Hall–Kier alpha value is -2.38. The molecule has 3 heterocycles. The number of halogens is 3. The molecule has 25 heavy (non-hydrogen) atoms. The first-order chi connectivity index (χ1) is 11.9. The second-order valence-corrected chi connectivity index (χ2v) is 6.09. The van der Waals surface area contributed by atoms with Gasteiger partial charge in [0.25, 0.3) is 0 Å². The number of alkyl halides is 3. The Bertz CT molecular complexity index is 715. The van der Waals surface area contributed by atoms with Gasteiger partial charge in [-0.05, 0) is 37.8 Å². The van der Waals surface area contributed by atoms with Crippen molar-refractivity contribution in [2.24, 2.45) is 5.92 Å². The maximum absolute atomic E-state index is 12.8. The monoisotopic (exact) mass is 352 g/mol. The third-order valence-corrected chi connectivity index (χ3v) is 4.30. The molecule has 0 amide bonds. The van der Waals surface area contributed by atoms with Crippen LogP contribution in [0.1, 0.15) is 24.1 Å². The molecule has 1 fully saturated rings. The molecule has 1 aliphatic heterocycles. The standard InChI is InChI=1S/C17H19F3N4O/c1-12-16(23-7-6-21-12)25-11-13-3-8-24(9-4-13)15-10-14(2-5-22-15)17(18,19)20/h2,5-7,10,13H,3-4,8-9,11H2,1H3. The fraction of sp³-hybridized carbons (Fsp3) is 0.471. The van der Waals surface area contributed by atoms with Gasteiger partial charge < -0.3 is 9.64 Å². The molecule has 0 aliphatic carbocycles. The normalized spacial score (nSPS) is 16.1. The molecule has 0 unspecified atom stereocenters. The van der Waals surface area contributed by atoms with Crippen LogP contribution in [0.4, 0.5) is 19.0 Å². The van der Waals surface area contributed by atoms with E-state index in [1.165, 1.54) is 6.20 Å². The minimum absolute atomic E-state index is 0.337. The maximum atomic E-state index is 12.8. The molecule has 134 valence electrons. The van der Waals surface area contributed by atoms with Crippen LogP contribution in [0.25, 0.3) is 0 Å². The highest BCUT2D eigenvalue weighted by molar-refractivity contribution is 5.42. The number of pyridine rings is 1. The molecule has 2 aromatic heterocycles. The van der Waals surface area contributed by atoms with Crippen LogP contribution >= 0.6 is 0 Å². The van der Waals surface area contributed by atoms with E-state index in [4.69, 9.17) is 4.74 Å². The summed E-state index contributed by atoms with van der Waals surface area (Å²) in [4.78, 5) is 14.2. The Morgan fingerprint density at radius 2 is 1.84 bits per heavy atom. The number of nitrogens with zero attached hydrogens (tertiary/aromatic N) is 4. The summed E-state index contributed by atoms with van der Waals surface area (Å²) in [6.45, 7) is 3.68. The van der Waals surface area contributed by atoms with Crippen molar-refractivity contribution in [2.75, 3.05) is 24.6 Å². The molecule has 1 saturated heterocycles. The Labute approximate surface area is 143 Å². The smallest absolute Gasteiger partial charge is 0.416 e. The average molecular weight is 352 g/mol. The van der Waals surface area contributed by atoms with Crippen LogP contribution in [-0.2, 0) is 6.18 Å². The minimum Gasteiger partial charge on any atom is -0.476 e. The SMILES string of the molecule is Cc1nccnc1OCC1CCN(c2cc(C(F)(F)F)ccn2)CC1. The van der Waals surface area contributed by atoms with Gasteiger partial charge in [0, 0.05) is 31.7 Å². The summed E-state index contributed by atoms with van der Waals surface area (Å²) in [5.41, 5.74) is 0.0779. The largest absolute Gasteiger partial charge is 0.476 e. The third-order valence-electron chi connectivity index (χ3n) is 4.30. The zero-order valence-corrected chi connectivity index (χ0v) is 13.8. The number of aryl methyl sites for hydroxylation is 1. The lowest BCUT2D eigenvalue weighted by atomic mass is 9.98. The van der Waals surface area contributed by atoms with E-state index in [0.717, 1.165) is 30.7 Å². The van der Waals surface area contributed by atoms with Crippen LogP contribution < -0.4 is 9.64 Å². The van der Waals surface area contributed by atoms with Crippen LogP contribution in [0, 0.1) is 12.8 Å². The van der Waals surface area contributed by atoms with Gasteiger partial charge in [-0.2, -0.15) is 13.2 Å². The first kappa shape index (κ1) is 17.4. The van der Waals surface area contributed by atoms with E-state index in [-0.39, 0.29) is 0 Å². The van der Waals surface area contributed by atoms with Gasteiger partial charge in [-0.3, -0.25) is 4.98 Å². The molecule has 3 rings (SSSR count). The van der Waals surface area contributed by atoms with Crippen LogP contribution in [0.2, 0.25) is 0 Å². The highest BCUT2D eigenvalue weighted by atomic mass is 19.4. The predicted octanol–water partition coefficient (Wildman–Crippen LogP) is 3.49. The average Bonchev–Trinajstić information content (AvgIpc) is 2.61. The summed E-state index contributed by atoms with van der Waals surface area (Å²) in [6.07, 6.45) is 1.73. The lowest BCUT2D eigenvalue weighted by Gasteiger charge is -2.32. The fourth-order valence-corrected chi connectivity index (χ4v) is 2.83.